The van der Waals surface area contributed by atoms with Crippen molar-refractivity contribution >= 4 is 5.95 Å². The molecular weight excluding hydrogens is 284 g/mol. The molecule has 0 unspecified atom stereocenters. The number of hydrogen-bond donors (Lipinski definition) is 2. The van der Waals surface area contributed by atoms with E-state index in [0.29, 0.717) is 12.5 Å². The molecule has 0 radical (unpaired) electrons. The molecule has 0 amide bonds. The van der Waals surface area contributed by atoms with Crippen LogP contribution in [0.25, 0.3) is 11.3 Å². The quantitative estimate of drug-likeness (QED) is 0.776. The highest BCUT2D eigenvalue weighted by molar-refractivity contribution is 5.61. The highest BCUT2D eigenvalue weighted by Crippen LogP contribution is 2.21. The Morgan fingerprint density at radius 1 is 0.913 bits per heavy atom. The van der Waals surface area contributed by atoms with Crippen LogP contribution in [0.1, 0.15) is 22.4 Å². The minimum absolute atomic E-state index is 0.295. The van der Waals surface area contributed by atoms with Crippen LogP contribution < -0.4 is 11.5 Å². The predicted molar refractivity (Wildman–Crippen MR) is 93.8 cm³/mol. The summed E-state index contributed by atoms with van der Waals surface area (Å²) in [5.74, 6) is 0.295. The molecule has 0 aliphatic heterocycles. The van der Waals surface area contributed by atoms with Crippen molar-refractivity contribution in [2.45, 2.75) is 19.9 Å². The first kappa shape index (κ1) is 15.2. The van der Waals surface area contributed by atoms with E-state index < -0.39 is 0 Å². The van der Waals surface area contributed by atoms with Crippen LogP contribution in [0.3, 0.4) is 0 Å². The summed E-state index contributed by atoms with van der Waals surface area (Å²) in [5.41, 5.74) is 17.9. The Morgan fingerprint density at radius 3 is 2.48 bits per heavy atom. The van der Waals surface area contributed by atoms with E-state index in [-0.39, 0.29) is 0 Å². The zero-order valence-corrected chi connectivity index (χ0v) is 13.2. The van der Waals surface area contributed by atoms with Gasteiger partial charge >= 0.3 is 0 Å². The van der Waals surface area contributed by atoms with Crippen molar-refractivity contribution in [2.75, 3.05) is 5.73 Å². The Bertz CT molecular complexity index is 827. The zero-order chi connectivity index (χ0) is 16.2. The lowest BCUT2D eigenvalue weighted by molar-refractivity contribution is 1.04. The number of aromatic nitrogens is 2. The van der Waals surface area contributed by atoms with Crippen LogP contribution in [0.15, 0.2) is 54.6 Å². The number of aryl methyl sites for hydroxylation is 1. The van der Waals surface area contributed by atoms with Crippen molar-refractivity contribution < 1.29 is 0 Å². The second-order valence-electron chi connectivity index (χ2n) is 5.67. The van der Waals surface area contributed by atoms with Crippen molar-refractivity contribution in [3.63, 3.8) is 0 Å². The van der Waals surface area contributed by atoms with E-state index in [1.807, 2.05) is 30.3 Å². The van der Waals surface area contributed by atoms with E-state index in [0.717, 1.165) is 28.9 Å². The van der Waals surface area contributed by atoms with Crippen LogP contribution in [-0.4, -0.2) is 9.97 Å². The van der Waals surface area contributed by atoms with Crippen LogP contribution in [0.4, 0.5) is 5.95 Å². The average Bonchev–Trinajstić information content (AvgIpc) is 2.54. The van der Waals surface area contributed by atoms with Gasteiger partial charge in [-0.1, -0.05) is 48.0 Å². The van der Waals surface area contributed by atoms with Crippen LogP contribution >= 0.6 is 0 Å². The van der Waals surface area contributed by atoms with E-state index in [9.17, 15) is 0 Å². The number of benzene rings is 2. The van der Waals surface area contributed by atoms with Crippen molar-refractivity contribution in [2.24, 2.45) is 5.73 Å². The molecule has 0 saturated heterocycles. The van der Waals surface area contributed by atoms with E-state index in [4.69, 9.17) is 11.5 Å². The third-order valence-corrected chi connectivity index (χ3v) is 3.72. The third kappa shape index (κ3) is 3.73. The van der Waals surface area contributed by atoms with Crippen molar-refractivity contribution in [3.05, 3.63) is 77.0 Å². The maximum absolute atomic E-state index is 5.90. The molecule has 1 heterocycles. The van der Waals surface area contributed by atoms with Gasteiger partial charge < -0.3 is 11.5 Å². The van der Waals surface area contributed by atoms with Gasteiger partial charge in [-0.2, -0.15) is 0 Å². The highest BCUT2D eigenvalue weighted by Gasteiger charge is 2.07. The first-order valence-corrected chi connectivity index (χ1v) is 7.62. The largest absolute Gasteiger partial charge is 0.368 e. The molecule has 4 nitrogen and oxygen atoms in total. The lowest BCUT2D eigenvalue weighted by Gasteiger charge is -2.08. The molecule has 23 heavy (non-hydrogen) atoms. The first-order valence-electron chi connectivity index (χ1n) is 7.62. The average molecular weight is 304 g/mol. The molecule has 116 valence electrons. The SMILES string of the molecule is Cc1cccc(Cc2cc(-c3cccc(CN)c3)nc(N)n2)c1. The van der Waals surface area contributed by atoms with Gasteiger partial charge in [0.2, 0.25) is 5.95 Å². The summed E-state index contributed by atoms with van der Waals surface area (Å²) in [6.45, 7) is 2.59. The number of anilines is 1. The summed E-state index contributed by atoms with van der Waals surface area (Å²) in [6, 6.07) is 18.4. The van der Waals surface area contributed by atoms with Crippen LogP contribution in [0.5, 0.6) is 0 Å². The summed E-state index contributed by atoms with van der Waals surface area (Å²) in [4.78, 5) is 8.73. The molecule has 1 aromatic heterocycles. The summed E-state index contributed by atoms with van der Waals surface area (Å²) in [7, 11) is 0. The maximum Gasteiger partial charge on any atom is 0.220 e. The topological polar surface area (TPSA) is 77.8 Å². The standard InChI is InChI=1S/C19H20N4/c1-13-4-2-5-14(8-13)10-17-11-18(23-19(21)22-17)16-7-3-6-15(9-16)12-20/h2-9,11H,10,12,20H2,1H3,(H2,21,22,23). The summed E-state index contributed by atoms with van der Waals surface area (Å²) in [5, 5.41) is 0. The smallest absolute Gasteiger partial charge is 0.220 e. The Balaban J connectivity index is 1.95. The fourth-order valence-corrected chi connectivity index (χ4v) is 2.65. The van der Waals surface area contributed by atoms with Gasteiger partial charge in [-0.3, -0.25) is 0 Å². The molecular formula is C19H20N4. The number of nitrogen functional groups attached to an aromatic ring is 1. The number of nitrogens with zero attached hydrogens (tertiary/aromatic N) is 2. The van der Waals surface area contributed by atoms with Crippen LogP contribution in [0.2, 0.25) is 0 Å². The Morgan fingerprint density at radius 2 is 1.70 bits per heavy atom. The van der Waals surface area contributed by atoms with Gasteiger partial charge in [0.25, 0.3) is 0 Å². The number of hydrogen-bond acceptors (Lipinski definition) is 4. The van der Waals surface area contributed by atoms with Gasteiger partial charge in [-0.25, -0.2) is 9.97 Å². The van der Waals surface area contributed by atoms with Gasteiger partial charge in [0.1, 0.15) is 0 Å². The molecule has 0 spiro atoms. The van der Waals surface area contributed by atoms with E-state index >= 15 is 0 Å². The molecule has 3 aromatic rings. The molecule has 2 aromatic carbocycles. The first-order chi connectivity index (χ1) is 11.1. The Kier molecular flexibility index (Phi) is 4.35. The monoisotopic (exact) mass is 304 g/mol. The molecule has 0 atom stereocenters. The van der Waals surface area contributed by atoms with Gasteiger partial charge in [-0.05, 0) is 30.2 Å². The van der Waals surface area contributed by atoms with E-state index in [2.05, 4.69) is 41.2 Å². The third-order valence-electron chi connectivity index (χ3n) is 3.72. The highest BCUT2D eigenvalue weighted by atomic mass is 15.0. The number of rotatable bonds is 4. The van der Waals surface area contributed by atoms with Crippen LogP contribution in [0, 0.1) is 6.92 Å². The Labute approximate surface area is 136 Å². The number of nitrogens with two attached hydrogens (primary N) is 2. The molecule has 0 fully saturated rings. The van der Waals surface area contributed by atoms with Gasteiger partial charge in [0.05, 0.1) is 11.4 Å². The molecule has 4 heteroatoms. The lowest BCUT2D eigenvalue weighted by Crippen LogP contribution is -2.02. The molecule has 3 rings (SSSR count). The molecule has 0 bridgehead atoms. The summed E-state index contributed by atoms with van der Waals surface area (Å²) < 4.78 is 0. The van der Waals surface area contributed by atoms with Crippen molar-refractivity contribution in [3.8, 4) is 11.3 Å². The summed E-state index contributed by atoms with van der Waals surface area (Å²) >= 11 is 0. The fourth-order valence-electron chi connectivity index (χ4n) is 2.65. The normalized spacial score (nSPS) is 10.7. The van der Waals surface area contributed by atoms with Gasteiger partial charge in [-0.15, -0.1) is 0 Å². The predicted octanol–water partition coefficient (Wildman–Crippen LogP) is 3.08. The van der Waals surface area contributed by atoms with Crippen LogP contribution in [-0.2, 0) is 13.0 Å². The Hall–Kier alpha value is -2.72. The summed E-state index contributed by atoms with van der Waals surface area (Å²) in [6.07, 6.45) is 0.734. The molecule has 4 N–H and O–H groups in total. The maximum atomic E-state index is 5.90. The van der Waals surface area contributed by atoms with Crippen molar-refractivity contribution in [1.29, 1.82) is 0 Å². The minimum Gasteiger partial charge on any atom is -0.368 e. The van der Waals surface area contributed by atoms with Gasteiger partial charge in [0, 0.05) is 18.5 Å². The molecule has 0 aliphatic carbocycles. The molecule has 0 aliphatic rings. The second kappa shape index (κ2) is 6.58. The van der Waals surface area contributed by atoms with Crippen molar-refractivity contribution in [1.82, 2.24) is 9.97 Å². The van der Waals surface area contributed by atoms with E-state index in [1.165, 1.54) is 11.1 Å². The van der Waals surface area contributed by atoms with E-state index in [1.54, 1.807) is 0 Å². The zero-order valence-electron chi connectivity index (χ0n) is 13.2. The fraction of sp³-hybridized carbons (Fsp3) is 0.158. The lowest BCUT2D eigenvalue weighted by atomic mass is 10.0. The second-order valence-corrected chi connectivity index (χ2v) is 5.67. The van der Waals surface area contributed by atoms with Gasteiger partial charge in [0.15, 0.2) is 0 Å². The molecule has 0 saturated carbocycles. The minimum atomic E-state index is 0.295.